The molecule has 0 radical (unpaired) electrons. The molecule has 1 fully saturated rings. The topological polar surface area (TPSA) is 91.1 Å². The largest absolute Gasteiger partial charge is 0.481 e. The monoisotopic (exact) mass is 243 g/mol. The van der Waals surface area contributed by atoms with Gasteiger partial charge >= 0.3 is 5.97 Å². The quantitative estimate of drug-likeness (QED) is 0.565. The van der Waals surface area contributed by atoms with Crippen LogP contribution in [-0.4, -0.2) is 33.1 Å². The number of hydrogen-bond acceptors (Lipinski definition) is 5. The van der Waals surface area contributed by atoms with Crippen molar-refractivity contribution in [3.63, 3.8) is 0 Å². The first-order valence-electron chi connectivity index (χ1n) is 4.83. The fraction of sp³-hybridized carbons (Fsp3) is 0.556. The van der Waals surface area contributed by atoms with E-state index in [1.54, 1.807) is 0 Å². The van der Waals surface area contributed by atoms with Crippen LogP contribution in [-0.2, 0) is 9.59 Å². The number of hydrogen-bond donors (Lipinski definition) is 2. The molecule has 0 saturated carbocycles. The summed E-state index contributed by atoms with van der Waals surface area (Å²) in [4.78, 5) is 21.8. The second-order valence-electron chi connectivity index (χ2n) is 3.29. The Kier molecular flexibility index (Phi) is 4.48. The zero-order chi connectivity index (χ0) is 12.1. The number of thioether (sulfide) groups is 1. The highest BCUT2D eigenvalue weighted by atomic mass is 32.2. The fourth-order valence-electron chi connectivity index (χ4n) is 0.947. The Labute approximate surface area is 97.2 Å². The third kappa shape index (κ3) is 3.65. The number of rotatable bonds is 4. The predicted molar refractivity (Wildman–Crippen MR) is 62.6 cm³/mol. The zero-order valence-corrected chi connectivity index (χ0v) is 9.87. The highest BCUT2D eigenvalue weighted by Gasteiger charge is 2.32. The van der Waals surface area contributed by atoms with Gasteiger partial charge in [-0.15, -0.1) is 5.10 Å². The molecule has 0 unspecified atom stereocenters. The number of nitrogens with one attached hydrogen (secondary N) is 1. The zero-order valence-electron chi connectivity index (χ0n) is 9.06. The molecule has 0 aromatic carbocycles. The Balaban J connectivity index is 2.62. The first-order chi connectivity index (χ1) is 7.52. The molecule has 1 aliphatic heterocycles. The van der Waals surface area contributed by atoms with Crippen molar-refractivity contribution in [2.24, 2.45) is 10.2 Å². The van der Waals surface area contributed by atoms with Crippen LogP contribution >= 0.6 is 11.8 Å². The van der Waals surface area contributed by atoms with E-state index in [1.165, 1.54) is 0 Å². The molecule has 16 heavy (non-hydrogen) atoms. The molecule has 1 amide bonds. The van der Waals surface area contributed by atoms with E-state index in [2.05, 4.69) is 15.5 Å². The third-order valence-corrected chi connectivity index (χ3v) is 3.03. The molecule has 0 aliphatic carbocycles. The summed E-state index contributed by atoms with van der Waals surface area (Å²) in [5.41, 5.74) is 0.851. The second kappa shape index (κ2) is 5.64. The molecule has 2 N–H and O–H groups in total. The molecule has 0 aromatic rings. The van der Waals surface area contributed by atoms with Gasteiger partial charge in [-0.25, -0.2) is 0 Å². The molecular formula is C9H13N3O3S. The van der Waals surface area contributed by atoms with E-state index in [0.717, 1.165) is 23.9 Å². The lowest BCUT2D eigenvalue weighted by Crippen LogP contribution is -2.26. The summed E-state index contributed by atoms with van der Waals surface area (Å²) in [6.07, 6.45) is 0.583. The van der Waals surface area contributed by atoms with Gasteiger partial charge in [0.25, 0.3) is 0 Å². The summed E-state index contributed by atoms with van der Waals surface area (Å²) < 4.78 is 0. The number of carbonyl (C=O) groups is 2. The molecule has 7 heteroatoms. The lowest BCUT2D eigenvalue weighted by Gasteiger charge is -1.97. The van der Waals surface area contributed by atoms with Gasteiger partial charge in [0.1, 0.15) is 5.25 Å². The Morgan fingerprint density at radius 2 is 2.31 bits per heavy atom. The van der Waals surface area contributed by atoms with Gasteiger partial charge in [-0.3, -0.25) is 9.59 Å². The van der Waals surface area contributed by atoms with E-state index in [-0.39, 0.29) is 12.3 Å². The Morgan fingerprint density at radius 3 is 2.88 bits per heavy atom. The number of aliphatic carboxylic acids is 1. The first-order valence-corrected chi connectivity index (χ1v) is 5.71. The number of carbonyl (C=O) groups excluding carboxylic acids is 1. The summed E-state index contributed by atoms with van der Waals surface area (Å²) >= 11 is 1.10. The molecule has 0 aromatic heterocycles. The van der Waals surface area contributed by atoms with Crippen LogP contribution in [0.15, 0.2) is 10.2 Å². The highest BCUT2D eigenvalue weighted by Crippen LogP contribution is 2.22. The minimum atomic E-state index is -0.998. The van der Waals surface area contributed by atoms with Crippen LogP contribution in [0.2, 0.25) is 0 Å². The van der Waals surface area contributed by atoms with Gasteiger partial charge in [0, 0.05) is 5.71 Å². The summed E-state index contributed by atoms with van der Waals surface area (Å²) in [6, 6.07) is 0. The van der Waals surface area contributed by atoms with Crippen LogP contribution < -0.4 is 5.32 Å². The summed E-state index contributed by atoms with van der Waals surface area (Å²) in [7, 11) is 0. The number of nitrogens with zero attached hydrogens (tertiary/aromatic N) is 2. The normalized spacial score (nSPS) is 23.6. The van der Waals surface area contributed by atoms with Crippen molar-refractivity contribution in [2.45, 2.75) is 31.9 Å². The van der Waals surface area contributed by atoms with Gasteiger partial charge in [0.15, 0.2) is 5.17 Å². The van der Waals surface area contributed by atoms with Crippen molar-refractivity contribution in [1.29, 1.82) is 0 Å². The number of amides is 1. The maximum atomic E-state index is 11.3. The van der Waals surface area contributed by atoms with E-state index in [0.29, 0.717) is 5.17 Å². The highest BCUT2D eigenvalue weighted by molar-refractivity contribution is 8.15. The van der Waals surface area contributed by atoms with Crippen LogP contribution in [0.4, 0.5) is 0 Å². The number of amidine groups is 1. The van der Waals surface area contributed by atoms with Gasteiger partial charge in [-0.1, -0.05) is 18.7 Å². The maximum Gasteiger partial charge on any atom is 0.305 e. The molecular weight excluding hydrogens is 230 g/mol. The average Bonchev–Trinajstić information content (AvgIpc) is 2.55. The number of carboxylic acid groups (broad SMARTS) is 1. The van der Waals surface area contributed by atoms with E-state index < -0.39 is 11.2 Å². The van der Waals surface area contributed by atoms with Crippen LogP contribution in [0.1, 0.15) is 26.7 Å². The summed E-state index contributed by atoms with van der Waals surface area (Å²) in [5, 5.41) is 18.6. The minimum Gasteiger partial charge on any atom is -0.481 e. The predicted octanol–water partition coefficient (Wildman–Crippen LogP) is 0.835. The third-order valence-electron chi connectivity index (χ3n) is 1.96. The van der Waals surface area contributed by atoms with Gasteiger partial charge in [-0.2, -0.15) is 5.10 Å². The molecule has 1 aliphatic rings. The maximum absolute atomic E-state index is 11.3. The number of carboxylic acids is 1. The first kappa shape index (κ1) is 12.7. The lowest BCUT2D eigenvalue weighted by molar-refractivity contribution is -0.138. The minimum absolute atomic E-state index is 0.202. The summed E-state index contributed by atoms with van der Waals surface area (Å²) in [5.74, 6) is -1.32. The van der Waals surface area contributed by atoms with Gasteiger partial charge in [0.05, 0.1) is 6.42 Å². The van der Waals surface area contributed by atoms with Gasteiger partial charge < -0.3 is 10.4 Å². The van der Waals surface area contributed by atoms with Crippen molar-refractivity contribution in [1.82, 2.24) is 5.32 Å². The second-order valence-corrected chi connectivity index (χ2v) is 4.48. The Morgan fingerprint density at radius 1 is 1.62 bits per heavy atom. The Hall–Kier alpha value is -1.37. The molecule has 1 saturated heterocycles. The molecule has 1 atom stereocenters. The van der Waals surface area contributed by atoms with Crippen molar-refractivity contribution >= 4 is 34.5 Å². The molecule has 6 nitrogen and oxygen atoms in total. The summed E-state index contributed by atoms with van der Waals surface area (Å²) in [6.45, 7) is 3.78. The molecule has 88 valence electrons. The van der Waals surface area contributed by atoms with Crippen LogP contribution in [0.5, 0.6) is 0 Å². The van der Waals surface area contributed by atoms with E-state index in [9.17, 15) is 9.59 Å². The van der Waals surface area contributed by atoms with Crippen molar-refractivity contribution < 1.29 is 14.7 Å². The van der Waals surface area contributed by atoms with Gasteiger partial charge in [0.2, 0.25) is 5.91 Å². The van der Waals surface area contributed by atoms with Crippen LogP contribution in [0.25, 0.3) is 0 Å². The van der Waals surface area contributed by atoms with Crippen molar-refractivity contribution in [3.8, 4) is 0 Å². The van der Waals surface area contributed by atoms with Crippen molar-refractivity contribution in [2.75, 3.05) is 0 Å². The standard InChI is InChI=1S/C9H13N3O3S/c1-3-5(2)11-12-9-10-8(15)6(16-9)4-7(13)14/h6H,3-4H2,1-2H3,(H,13,14)(H,10,12,15)/b11-5-/t6-/m0/s1. The van der Waals surface area contributed by atoms with Crippen LogP contribution in [0, 0.1) is 0 Å². The molecule has 1 rings (SSSR count). The smallest absolute Gasteiger partial charge is 0.305 e. The SMILES string of the molecule is CC/C(C)=N\N=C1\NC(=O)[C@H](CC(=O)O)S1. The Bertz CT molecular complexity index is 365. The lowest BCUT2D eigenvalue weighted by atomic mass is 10.3. The van der Waals surface area contributed by atoms with E-state index in [4.69, 9.17) is 5.11 Å². The van der Waals surface area contributed by atoms with E-state index >= 15 is 0 Å². The molecule has 1 heterocycles. The molecule has 0 spiro atoms. The fourth-order valence-corrected chi connectivity index (χ4v) is 1.86. The van der Waals surface area contributed by atoms with Crippen molar-refractivity contribution in [3.05, 3.63) is 0 Å². The van der Waals surface area contributed by atoms with Gasteiger partial charge in [-0.05, 0) is 13.3 Å². The van der Waals surface area contributed by atoms with Crippen LogP contribution in [0.3, 0.4) is 0 Å². The van der Waals surface area contributed by atoms with E-state index in [1.807, 2.05) is 13.8 Å². The molecule has 0 bridgehead atoms. The average molecular weight is 243 g/mol.